The van der Waals surface area contributed by atoms with Crippen molar-refractivity contribution in [3.05, 3.63) is 0 Å². The highest BCUT2D eigenvalue weighted by Crippen LogP contribution is 2.62. The standard InChI is InChI=1S/C18H35N/c1-5-6-7-8-9-10-13-19-16-17(2,3)15-11-12-18(16,4)14-15/h15-16,19H,5-14H2,1-4H3. The Labute approximate surface area is 120 Å². The zero-order valence-electron chi connectivity index (χ0n) is 13.7. The molecule has 112 valence electrons. The highest BCUT2D eigenvalue weighted by Gasteiger charge is 2.58. The van der Waals surface area contributed by atoms with Crippen LogP contribution in [0.25, 0.3) is 0 Å². The van der Waals surface area contributed by atoms with E-state index in [-0.39, 0.29) is 0 Å². The lowest BCUT2D eigenvalue weighted by Gasteiger charge is -2.43. The Bertz CT molecular complexity index is 279. The fraction of sp³-hybridized carbons (Fsp3) is 1.00. The van der Waals surface area contributed by atoms with Crippen molar-refractivity contribution in [3.63, 3.8) is 0 Å². The highest BCUT2D eigenvalue weighted by molar-refractivity contribution is 5.11. The monoisotopic (exact) mass is 265 g/mol. The lowest BCUT2D eigenvalue weighted by atomic mass is 9.68. The van der Waals surface area contributed by atoms with Crippen molar-refractivity contribution in [3.8, 4) is 0 Å². The average Bonchev–Trinajstić information content (AvgIpc) is 2.83. The second kappa shape index (κ2) is 6.16. The second-order valence-electron chi connectivity index (χ2n) is 8.07. The molecule has 0 aromatic rings. The Kier molecular flexibility index (Phi) is 4.98. The van der Waals surface area contributed by atoms with Gasteiger partial charge in [0, 0.05) is 6.04 Å². The number of fused-ring (bicyclic) bond motifs is 2. The predicted molar refractivity (Wildman–Crippen MR) is 84.4 cm³/mol. The predicted octanol–water partition coefficient (Wildman–Crippen LogP) is 5.15. The lowest BCUT2D eigenvalue weighted by molar-refractivity contribution is 0.109. The zero-order chi connectivity index (χ0) is 13.9. The smallest absolute Gasteiger partial charge is 0.0175 e. The molecule has 2 rings (SSSR count). The molecule has 0 amide bonds. The Morgan fingerprint density at radius 1 is 1.00 bits per heavy atom. The molecule has 1 heteroatoms. The first-order valence-corrected chi connectivity index (χ1v) is 8.74. The maximum atomic E-state index is 3.93. The number of rotatable bonds is 8. The van der Waals surface area contributed by atoms with Crippen molar-refractivity contribution in [1.82, 2.24) is 5.32 Å². The summed E-state index contributed by atoms with van der Waals surface area (Å²) in [7, 11) is 0. The van der Waals surface area contributed by atoms with E-state index in [2.05, 4.69) is 33.0 Å². The first-order chi connectivity index (χ1) is 9.00. The van der Waals surface area contributed by atoms with E-state index >= 15 is 0 Å². The van der Waals surface area contributed by atoms with Gasteiger partial charge in [-0.25, -0.2) is 0 Å². The van der Waals surface area contributed by atoms with Gasteiger partial charge in [-0.1, -0.05) is 59.8 Å². The lowest BCUT2D eigenvalue weighted by Crippen LogP contribution is -2.50. The van der Waals surface area contributed by atoms with Crippen molar-refractivity contribution in [1.29, 1.82) is 0 Å². The van der Waals surface area contributed by atoms with Crippen molar-refractivity contribution in [2.24, 2.45) is 16.7 Å². The van der Waals surface area contributed by atoms with Crippen LogP contribution in [-0.2, 0) is 0 Å². The van der Waals surface area contributed by atoms with Crippen LogP contribution in [0.5, 0.6) is 0 Å². The molecule has 1 N–H and O–H groups in total. The summed E-state index contributed by atoms with van der Waals surface area (Å²) < 4.78 is 0. The van der Waals surface area contributed by atoms with Crippen molar-refractivity contribution >= 4 is 0 Å². The van der Waals surface area contributed by atoms with Crippen molar-refractivity contribution < 1.29 is 0 Å². The maximum Gasteiger partial charge on any atom is 0.0175 e. The van der Waals surface area contributed by atoms with Gasteiger partial charge in [0.2, 0.25) is 0 Å². The largest absolute Gasteiger partial charge is 0.313 e. The number of nitrogens with one attached hydrogen (secondary N) is 1. The van der Waals surface area contributed by atoms with Gasteiger partial charge in [0.25, 0.3) is 0 Å². The van der Waals surface area contributed by atoms with Crippen LogP contribution in [0.3, 0.4) is 0 Å². The molecule has 2 saturated carbocycles. The topological polar surface area (TPSA) is 12.0 Å². The van der Waals surface area contributed by atoms with E-state index in [1.165, 1.54) is 64.3 Å². The molecule has 0 heterocycles. The Morgan fingerprint density at radius 2 is 1.68 bits per heavy atom. The van der Waals surface area contributed by atoms with Gasteiger partial charge < -0.3 is 5.32 Å². The van der Waals surface area contributed by atoms with Gasteiger partial charge in [0.15, 0.2) is 0 Å². The van der Waals surface area contributed by atoms with Crippen LogP contribution in [0.1, 0.15) is 85.5 Å². The van der Waals surface area contributed by atoms with E-state index in [0.717, 1.165) is 12.0 Å². The van der Waals surface area contributed by atoms with Gasteiger partial charge >= 0.3 is 0 Å². The van der Waals surface area contributed by atoms with Crippen LogP contribution in [0.4, 0.5) is 0 Å². The van der Waals surface area contributed by atoms with Crippen LogP contribution in [0, 0.1) is 16.7 Å². The highest BCUT2D eigenvalue weighted by atomic mass is 15.0. The number of hydrogen-bond donors (Lipinski definition) is 1. The minimum atomic E-state index is 0.523. The molecule has 3 unspecified atom stereocenters. The molecule has 0 aromatic heterocycles. The molecule has 19 heavy (non-hydrogen) atoms. The van der Waals surface area contributed by atoms with Crippen molar-refractivity contribution in [2.45, 2.75) is 91.5 Å². The van der Waals surface area contributed by atoms with Gasteiger partial charge in [-0.3, -0.25) is 0 Å². The summed E-state index contributed by atoms with van der Waals surface area (Å²) in [6.45, 7) is 11.1. The number of unbranched alkanes of at least 4 members (excludes halogenated alkanes) is 5. The Balaban J connectivity index is 1.68. The van der Waals surface area contributed by atoms with Gasteiger partial charge in [0.05, 0.1) is 0 Å². The fourth-order valence-corrected chi connectivity index (χ4v) is 4.96. The van der Waals surface area contributed by atoms with Gasteiger partial charge in [-0.2, -0.15) is 0 Å². The van der Waals surface area contributed by atoms with E-state index in [1.807, 2.05) is 0 Å². The molecule has 0 saturated heterocycles. The third-order valence-electron chi connectivity index (χ3n) is 6.15. The summed E-state index contributed by atoms with van der Waals surface area (Å²) in [5, 5.41) is 3.93. The van der Waals surface area contributed by atoms with Crippen LogP contribution < -0.4 is 5.32 Å². The van der Waals surface area contributed by atoms with Gasteiger partial charge in [0.1, 0.15) is 0 Å². The van der Waals surface area contributed by atoms with E-state index in [9.17, 15) is 0 Å². The third kappa shape index (κ3) is 3.17. The summed E-state index contributed by atoms with van der Waals surface area (Å²) >= 11 is 0. The van der Waals surface area contributed by atoms with Gasteiger partial charge in [-0.05, 0) is 49.0 Å². The first kappa shape index (κ1) is 15.4. The molecule has 0 aromatic carbocycles. The molecule has 2 fully saturated rings. The van der Waals surface area contributed by atoms with E-state index in [1.54, 1.807) is 0 Å². The van der Waals surface area contributed by atoms with E-state index in [4.69, 9.17) is 0 Å². The summed E-state index contributed by atoms with van der Waals surface area (Å²) in [6.07, 6.45) is 12.8. The minimum Gasteiger partial charge on any atom is -0.313 e. The first-order valence-electron chi connectivity index (χ1n) is 8.74. The molecule has 3 atom stereocenters. The molecule has 2 bridgehead atoms. The summed E-state index contributed by atoms with van der Waals surface area (Å²) in [5.41, 5.74) is 1.12. The summed E-state index contributed by atoms with van der Waals surface area (Å²) in [4.78, 5) is 0. The molecule has 2 aliphatic carbocycles. The Hall–Kier alpha value is -0.0400. The summed E-state index contributed by atoms with van der Waals surface area (Å²) in [5.74, 6) is 0.972. The number of hydrogen-bond acceptors (Lipinski definition) is 1. The second-order valence-corrected chi connectivity index (χ2v) is 8.07. The minimum absolute atomic E-state index is 0.523. The molecule has 0 spiro atoms. The molecule has 1 nitrogen and oxygen atoms in total. The van der Waals surface area contributed by atoms with Gasteiger partial charge in [-0.15, -0.1) is 0 Å². The normalized spacial score (nSPS) is 36.0. The maximum absolute atomic E-state index is 3.93. The van der Waals surface area contributed by atoms with Crippen LogP contribution in [-0.4, -0.2) is 12.6 Å². The molecule has 0 radical (unpaired) electrons. The molecular formula is C18H35N. The average molecular weight is 265 g/mol. The van der Waals surface area contributed by atoms with E-state index < -0.39 is 0 Å². The van der Waals surface area contributed by atoms with Crippen LogP contribution >= 0.6 is 0 Å². The fourth-order valence-electron chi connectivity index (χ4n) is 4.96. The van der Waals surface area contributed by atoms with Crippen LogP contribution in [0.15, 0.2) is 0 Å². The van der Waals surface area contributed by atoms with E-state index in [0.29, 0.717) is 10.8 Å². The molecule has 2 aliphatic rings. The molecular weight excluding hydrogens is 230 g/mol. The SMILES string of the molecule is CCCCCCCCNC1C2(C)CCC(C2)C1(C)C. The zero-order valence-corrected chi connectivity index (χ0v) is 13.7. The molecule has 0 aliphatic heterocycles. The Morgan fingerprint density at radius 3 is 2.32 bits per heavy atom. The summed E-state index contributed by atoms with van der Waals surface area (Å²) in [6, 6.07) is 0.759. The third-order valence-corrected chi connectivity index (χ3v) is 6.15. The van der Waals surface area contributed by atoms with Crippen LogP contribution in [0.2, 0.25) is 0 Å². The quantitative estimate of drug-likeness (QED) is 0.598. The van der Waals surface area contributed by atoms with Crippen molar-refractivity contribution in [2.75, 3.05) is 6.54 Å².